The minimum atomic E-state index is -0.218. The third-order valence-electron chi connectivity index (χ3n) is 5.34. The van der Waals surface area contributed by atoms with Gasteiger partial charge in [-0.1, -0.05) is 23.7 Å². The van der Waals surface area contributed by atoms with Crippen LogP contribution in [0, 0.1) is 5.82 Å². The highest BCUT2D eigenvalue weighted by molar-refractivity contribution is 6.30. The molecule has 2 aliphatic heterocycles. The number of methoxy groups -OCH3 is 1. The minimum Gasteiger partial charge on any atom is -0.496 e. The maximum atomic E-state index is 13.7. The summed E-state index contributed by atoms with van der Waals surface area (Å²) in [5.41, 5.74) is 2.17. The first-order valence-electron chi connectivity index (χ1n) is 8.71. The second-order valence-corrected chi connectivity index (χ2v) is 7.30. The lowest BCUT2D eigenvalue weighted by molar-refractivity contribution is 0.202. The molecule has 0 aromatic heterocycles. The van der Waals surface area contributed by atoms with Crippen LogP contribution >= 0.6 is 11.6 Å². The highest BCUT2D eigenvalue weighted by atomic mass is 35.5. The summed E-state index contributed by atoms with van der Waals surface area (Å²) >= 11 is 6.21. The lowest BCUT2D eigenvalue weighted by atomic mass is 9.92. The maximum Gasteiger partial charge on any atom is 0.123 e. The topological polar surface area (TPSA) is 15.7 Å². The minimum absolute atomic E-state index is 0.218. The summed E-state index contributed by atoms with van der Waals surface area (Å²) in [6.45, 7) is 2.67. The molecular formula is C20H22ClFN2O. The number of hydrogen-bond acceptors (Lipinski definition) is 3. The second-order valence-electron chi connectivity index (χ2n) is 6.87. The fourth-order valence-corrected chi connectivity index (χ4v) is 4.50. The zero-order chi connectivity index (χ0) is 17.4. The van der Waals surface area contributed by atoms with Gasteiger partial charge in [-0.15, -0.1) is 0 Å². The van der Waals surface area contributed by atoms with E-state index in [9.17, 15) is 4.39 Å². The molecule has 4 rings (SSSR count). The second kappa shape index (κ2) is 6.94. The quantitative estimate of drug-likeness (QED) is 0.800. The van der Waals surface area contributed by atoms with Gasteiger partial charge in [-0.25, -0.2) is 4.39 Å². The Bertz CT molecular complexity index is 769. The Balaban J connectivity index is 1.61. The highest BCUT2D eigenvalue weighted by Crippen LogP contribution is 2.41. The smallest absolute Gasteiger partial charge is 0.123 e. The van der Waals surface area contributed by atoms with Crippen molar-refractivity contribution in [3.05, 3.63) is 64.4 Å². The van der Waals surface area contributed by atoms with Crippen molar-refractivity contribution in [1.29, 1.82) is 0 Å². The van der Waals surface area contributed by atoms with Crippen LogP contribution in [0.1, 0.15) is 30.0 Å². The van der Waals surface area contributed by atoms with Gasteiger partial charge in [-0.2, -0.15) is 0 Å². The van der Waals surface area contributed by atoms with Crippen LogP contribution in [0.2, 0.25) is 5.02 Å². The van der Waals surface area contributed by atoms with Crippen molar-refractivity contribution in [2.24, 2.45) is 0 Å². The van der Waals surface area contributed by atoms with Crippen molar-refractivity contribution in [3.8, 4) is 5.75 Å². The van der Waals surface area contributed by atoms with E-state index < -0.39 is 0 Å². The molecule has 5 heteroatoms. The van der Waals surface area contributed by atoms with Crippen LogP contribution in [0.3, 0.4) is 0 Å². The van der Waals surface area contributed by atoms with Crippen LogP contribution in [0.5, 0.6) is 5.75 Å². The zero-order valence-corrected chi connectivity index (χ0v) is 15.0. The van der Waals surface area contributed by atoms with Crippen molar-refractivity contribution in [2.45, 2.75) is 31.5 Å². The predicted octanol–water partition coefficient (Wildman–Crippen LogP) is 4.47. The van der Waals surface area contributed by atoms with E-state index in [1.807, 2.05) is 12.1 Å². The number of fused-ring (bicyclic) bond motifs is 2. The van der Waals surface area contributed by atoms with Gasteiger partial charge in [0.05, 0.1) is 19.8 Å². The molecule has 3 nitrogen and oxygen atoms in total. The molecule has 2 bridgehead atoms. The number of ether oxygens (including phenoxy) is 1. The Hall–Kier alpha value is -1.62. The largest absolute Gasteiger partial charge is 0.496 e. The highest BCUT2D eigenvalue weighted by Gasteiger charge is 2.43. The molecule has 2 aliphatic rings. The molecule has 3 atom stereocenters. The third-order valence-corrected chi connectivity index (χ3v) is 5.58. The number of halogens is 2. The average molecular weight is 361 g/mol. The normalized spacial score (nSPS) is 26.0. The van der Waals surface area contributed by atoms with Crippen molar-refractivity contribution >= 4 is 11.6 Å². The van der Waals surface area contributed by atoms with Crippen molar-refractivity contribution in [1.82, 2.24) is 9.80 Å². The molecule has 2 fully saturated rings. The van der Waals surface area contributed by atoms with E-state index in [4.69, 9.17) is 16.3 Å². The fourth-order valence-electron chi connectivity index (χ4n) is 4.30. The first-order chi connectivity index (χ1) is 12.2. The molecule has 132 valence electrons. The number of benzene rings is 2. The maximum absolute atomic E-state index is 13.7. The van der Waals surface area contributed by atoms with Crippen LogP contribution in [0.15, 0.2) is 42.5 Å². The summed E-state index contributed by atoms with van der Waals surface area (Å²) in [7, 11) is 1.64. The fraction of sp³-hybridized carbons (Fsp3) is 0.400. The van der Waals surface area contributed by atoms with Crippen LogP contribution < -0.4 is 4.74 Å². The van der Waals surface area contributed by atoms with Gasteiger partial charge in [0.25, 0.3) is 0 Å². The molecule has 0 amide bonds. The first kappa shape index (κ1) is 16.8. The molecule has 0 saturated carbocycles. The molecule has 2 aromatic rings. The molecule has 0 spiro atoms. The van der Waals surface area contributed by atoms with Gasteiger partial charge in [-0.3, -0.25) is 9.80 Å². The number of piperidine rings is 1. The standard InChI is InChI=1S/C20H22ClFN2O/c1-25-19-8-7-17(22)11-15(19)12-24-13-23-9-3-6-18(24)20(23)14-4-2-5-16(21)10-14/h2,4-5,7-8,10-11,18,20H,3,6,9,12-13H2,1H3/t18-,20-/m0/s1. The Morgan fingerprint density at radius 3 is 2.92 bits per heavy atom. The monoisotopic (exact) mass is 360 g/mol. The van der Waals surface area contributed by atoms with Crippen molar-refractivity contribution in [3.63, 3.8) is 0 Å². The van der Waals surface area contributed by atoms with Gasteiger partial charge in [0.2, 0.25) is 0 Å². The van der Waals surface area contributed by atoms with E-state index in [1.54, 1.807) is 19.2 Å². The average Bonchev–Trinajstić information content (AvgIpc) is 2.81. The first-order valence-corrected chi connectivity index (χ1v) is 9.09. The van der Waals surface area contributed by atoms with Crippen molar-refractivity contribution in [2.75, 3.05) is 20.3 Å². The molecule has 2 heterocycles. The van der Waals surface area contributed by atoms with E-state index >= 15 is 0 Å². The Morgan fingerprint density at radius 1 is 1.24 bits per heavy atom. The molecule has 25 heavy (non-hydrogen) atoms. The Labute approximate surface area is 152 Å². The van der Waals surface area contributed by atoms with Crippen LogP contribution in [0.4, 0.5) is 4.39 Å². The summed E-state index contributed by atoms with van der Waals surface area (Å²) < 4.78 is 19.1. The number of hydrogen-bond donors (Lipinski definition) is 0. The van der Waals surface area contributed by atoms with Crippen LogP contribution in [-0.4, -0.2) is 36.2 Å². The van der Waals surface area contributed by atoms with E-state index in [0.29, 0.717) is 18.6 Å². The molecule has 2 saturated heterocycles. The zero-order valence-electron chi connectivity index (χ0n) is 14.3. The Kier molecular flexibility index (Phi) is 4.67. The van der Waals surface area contributed by atoms with E-state index in [0.717, 1.165) is 36.0 Å². The van der Waals surface area contributed by atoms with Gasteiger partial charge in [-0.05, 0) is 48.7 Å². The van der Waals surface area contributed by atoms with E-state index in [2.05, 4.69) is 21.9 Å². The third kappa shape index (κ3) is 3.26. The molecular weight excluding hydrogens is 339 g/mol. The summed E-state index contributed by atoms with van der Waals surface area (Å²) in [4.78, 5) is 4.95. The van der Waals surface area contributed by atoms with Gasteiger partial charge in [0.1, 0.15) is 11.6 Å². The lowest BCUT2D eigenvalue weighted by Gasteiger charge is -2.33. The van der Waals surface area contributed by atoms with Gasteiger partial charge in [0.15, 0.2) is 0 Å². The SMILES string of the molecule is COc1ccc(F)cc1CN1CN2CCC[C@H]1[C@@H]2c1cccc(Cl)c1. The summed E-state index contributed by atoms with van der Waals surface area (Å²) in [5.74, 6) is 0.529. The van der Waals surface area contributed by atoms with Crippen LogP contribution in [-0.2, 0) is 6.54 Å². The van der Waals surface area contributed by atoms with Gasteiger partial charge >= 0.3 is 0 Å². The van der Waals surface area contributed by atoms with Gasteiger partial charge < -0.3 is 4.74 Å². The molecule has 0 N–H and O–H groups in total. The van der Waals surface area contributed by atoms with Crippen molar-refractivity contribution < 1.29 is 9.13 Å². The van der Waals surface area contributed by atoms with E-state index in [1.165, 1.54) is 18.1 Å². The van der Waals surface area contributed by atoms with E-state index in [-0.39, 0.29) is 5.82 Å². The lowest BCUT2D eigenvalue weighted by Crippen LogP contribution is -2.35. The summed E-state index contributed by atoms with van der Waals surface area (Å²) in [6, 6.07) is 13.7. The molecule has 0 radical (unpaired) electrons. The molecule has 0 aliphatic carbocycles. The summed E-state index contributed by atoms with van der Waals surface area (Å²) in [5, 5.41) is 0.780. The molecule has 1 unspecified atom stereocenters. The van der Waals surface area contributed by atoms with Crippen LogP contribution in [0.25, 0.3) is 0 Å². The molecule has 2 aromatic carbocycles. The summed E-state index contributed by atoms with van der Waals surface area (Å²) in [6.07, 6.45) is 2.34. The predicted molar refractivity (Wildman–Crippen MR) is 97.3 cm³/mol. The number of nitrogens with zero attached hydrogens (tertiary/aromatic N) is 2. The Morgan fingerprint density at radius 2 is 2.12 bits per heavy atom. The number of rotatable bonds is 4. The van der Waals surface area contributed by atoms with Gasteiger partial charge in [0, 0.05) is 29.7 Å².